The van der Waals surface area contributed by atoms with E-state index in [0.717, 1.165) is 16.5 Å². The summed E-state index contributed by atoms with van der Waals surface area (Å²) in [6.45, 7) is 0. The van der Waals surface area contributed by atoms with Gasteiger partial charge in [0.25, 0.3) is 11.8 Å². The fraction of sp³-hybridized carbons (Fsp3) is 0. The molecule has 3 aromatic carbocycles. The van der Waals surface area contributed by atoms with Crippen molar-refractivity contribution in [1.29, 1.82) is 0 Å². The average Bonchev–Trinajstić information content (AvgIpc) is 3.17. The fourth-order valence-electron chi connectivity index (χ4n) is 2.97. The lowest BCUT2D eigenvalue weighted by atomic mass is 10.1. The summed E-state index contributed by atoms with van der Waals surface area (Å²) < 4.78 is 0. The first kappa shape index (κ1) is 19.4. The number of amides is 2. The molecular weight excluding hydrogens is 400 g/mol. The first-order valence-electron chi connectivity index (χ1n) is 9.17. The third kappa shape index (κ3) is 4.24. The van der Waals surface area contributed by atoms with Crippen LogP contribution in [0.15, 0.2) is 84.1 Å². The van der Waals surface area contributed by atoms with Gasteiger partial charge in [-0.1, -0.05) is 41.9 Å². The zero-order valence-corrected chi connectivity index (χ0v) is 16.5. The largest absolute Gasteiger partial charge is 0.361 e. The molecule has 0 aliphatic rings. The van der Waals surface area contributed by atoms with Gasteiger partial charge in [0.1, 0.15) is 0 Å². The van der Waals surface area contributed by atoms with Crippen LogP contribution in [0.1, 0.15) is 26.3 Å². The van der Waals surface area contributed by atoms with Gasteiger partial charge in [0.05, 0.1) is 16.8 Å². The monoisotopic (exact) mass is 416 g/mol. The molecule has 0 saturated carbocycles. The number of rotatable bonds is 5. The second-order valence-corrected chi connectivity index (χ2v) is 6.91. The number of nitrogens with one attached hydrogen (secondary N) is 3. The van der Waals surface area contributed by atoms with Crippen molar-refractivity contribution in [2.24, 2.45) is 5.10 Å². The van der Waals surface area contributed by atoms with Crippen molar-refractivity contribution in [2.75, 3.05) is 5.32 Å². The van der Waals surface area contributed by atoms with Crippen LogP contribution in [0.3, 0.4) is 0 Å². The number of para-hydroxylation sites is 1. The highest BCUT2D eigenvalue weighted by atomic mass is 35.5. The van der Waals surface area contributed by atoms with Gasteiger partial charge < -0.3 is 10.3 Å². The van der Waals surface area contributed by atoms with E-state index in [2.05, 4.69) is 20.8 Å². The third-order valence-corrected chi connectivity index (χ3v) is 4.84. The number of fused-ring (bicyclic) bond motifs is 1. The van der Waals surface area contributed by atoms with E-state index < -0.39 is 0 Å². The van der Waals surface area contributed by atoms with Crippen LogP contribution in [0.4, 0.5) is 5.69 Å². The molecule has 0 aliphatic carbocycles. The molecule has 0 unspecified atom stereocenters. The van der Waals surface area contributed by atoms with Gasteiger partial charge >= 0.3 is 0 Å². The van der Waals surface area contributed by atoms with E-state index in [-0.39, 0.29) is 11.8 Å². The molecule has 3 N–H and O–H groups in total. The Balaban J connectivity index is 1.38. The molecule has 0 bridgehead atoms. The molecule has 4 rings (SSSR count). The van der Waals surface area contributed by atoms with Crippen LogP contribution in [0.25, 0.3) is 10.9 Å². The highest BCUT2D eigenvalue weighted by Gasteiger charge is 2.10. The molecule has 1 aromatic heterocycles. The number of benzene rings is 3. The minimum Gasteiger partial charge on any atom is -0.361 e. The Morgan fingerprint density at radius 2 is 1.63 bits per heavy atom. The van der Waals surface area contributed by atoms with Gasteiger partial charge in [0.15, 0.2) is 0 Å². The molecule has 2 amide bonds. The van der Waals surface area contributed by atoms with Crippen molar-refractivity contribution in [1.82, 2.24) is 10.4 Å². The first-order chi connectivity index (χ1) is 14.6. The second-order valence-electron chi connectivity index (χ2n) is 6.50. The molecule has 0 saturated heterocycles. The molecule has 0 aliphatic heterocycles. The molecule has 0 fully saturated rings. The number of aromatic nitrogens is 1. The van der Waals surface area contributed by atoms with E-state index in [4.69, 9.17) is 11.6 Å². The summed E-state index contributed by atoms with van der Waals surface area (Å²) in [5.41, 5.74) is 5.74. The normalized spacial score (nSPS) is 11.0. The van der Waals surface area contributed by atoms with Gasteiger partial charge in [-0.2, -0.15) is 5.10 Å². The van der Waals surface area contributed by atoms with Crippen LogP contribution < -0.4 is 10.7 Å². The molecule has 0 atom stereocenters. The van der Waals surface area contributed by atoms with Gasteiger partial charge in [0.2, 0.25) is 0 Å². The lowest BCUT2D eigenvalue weighted by Crippen LogP contribution is -2.18. The smallest absolute Gasteiger partial charge is 0.271 e. The van der Waals surface area contributed by atoms with Crippen molar-refractivity contribution in [3.63, 3.8) is 0 Å². The number of carbonyl (C=O) groups is 2. The minimum atomic E-state index is -0.352. The first-order valence-corrected chi connectivity index (χ1v) is 9.55. The molecule has 0 spiro atoms. The summed E-state index contributed by atoms with van der Waals surface area (Å²) in [6, 6.07) is 21.1. The highest BCUT2D eigenvalue weighted by Crippen LogP contribution is 2.18. The predicted molar refractivity (Wildman–Crippen MR) is 119 cm³/mol. The second kappa shape index (κ2) is 8.63. The summed E-state index contributed by atoms with van der Waals surface area (Å²) in [4.78, 5) is 27.8. The third-order valence-electron chi connectivity index (χ3n) is 4.51. The Labute approximate surface area is 177 Å². The molecular formula is C23H17ClN4O2. The standard InChI is InChI=1S/C23H17ClN4O2/c24-20-7-3-1-6-19(20)23(30)27-17-11-9-15(10-12-17)22(29)28-26-14-16-13-25-21-8-4-2-5-18(16)21/h1-14,25H,(H,27,30)(H,28,29)/b26-14-. The van der Waals surface area contributed by atoms with Gasteiger partial charge in [-0.05, 0) is 42.5 Å². The van der Waals surface area contributed by atoms with Crippen LogP contribution in [0, 0.1) is 0 Å². The number of halogens is 1. The maximum atomic E-state index is 12.3. The highest BCUT2D eigenvalue weighted by molar-refractivity contribution is 6.34. The zero-order valence-electron chi connectivity index (χ0n) is 15.7. The van der Waals surface area contributed by atoms with Gasteiger partial charge in [-0.3, -0.25) is 9.59 Å². The van der Waals surface area contributed by atoms with Crippen molar-refractivity contribution < 1.29 is 9.59 Å². The number of aromatic amines is 1. The van der Waals surface area contributed by atoms with E-state index >= 15 is 0 Å². The molecule has 6 nitrogen and oxygen atoms in total. The van der Waals surface area contributed by atoms with Crippen molar-refractivity contribution in [2.45, 2.75) is 0 Å². The Morgan fingerprint density at radius 3 is 2.43 bits per heavy atom. The summed E-state index contributed by atoms with van der Waals surface area (Å²) in [5.74, 6) is -0.670. The van der Waals surface area contributed by atoms with E-state index in [1.54, 1.807) is 54.7 Å². The van der Waals surface area contributed by atoms with Crippen molar-refractivity contribution in [3.05, 3.63) is 101 Å². The molecule has 30 heavy (non-hydrogen) atoms. The SMILES string of the molecule is O=C(N/N=C\c1c[nH]c2ccccc12)c1ccc(NC(=O)c2ccccc2Cl)cc1. The number of carbonyl (C=O) groups excluding carboxylic acids is 2. The molecule has 1 heterocycles. The number of H-pyrrole nitrogens is 1. The van der Waals surface area contributed by atoms with Crippen LogP contribution in [0.5, 0.6) is 0 Å². The van der Waals surface area contributed by atoms with E-state index in [9.17, 15) is 9.59 Å². The van der Waals surface area contributed by atoms with E-state index in [1.807, 2.05) is 30.5 Å². The van der Waals surface area contributed by atoms with Gasteiger partial charge in [-0.25, -0.2) is 5.43 Å². The number of anilines is 1. The predicted octanol–water partition coefficient (Wildman–Crippen LogP) is 4.84. The number of hydrazone groups is 1. The Hall–Kier alpha value is -3.90. The number of nitrogens with zero attached hydrogens (tertiary/aromatic N) is 1. The Morgan fingerprint density at radius 1 is 0.900 bits per heavy atom. The van der Waals surface area contributed by atoms with Crippen LogP contribution in [-0.2, 0) is 0 Å². The van der Waals surface area contributed by atoms with E-state index in [1.165, 1.54) is 0 Å². The lowest BCUT2D eigenvalue weighted by molar-refractivity contribution is 0.0954. The van der Waals surface area contributed by atoms with Gasteiger partial charge in [-0.15, -0.1) is 0 Å². The molecule has 0 radical (unpaired) electrons. The quantitative estimate of drug-likeness (QED) is 0.321. The van der Waals surface area contributed by atoms with Crippen LogP contribution in [0.2, 0.25) is 5.02 Å². The maximum absolute atomic E-state index is 12.3. The van der Waals surface area contributed by atoms with Crippen LogP contribution in [-0.4, -0.2) is 23.0 Å². The average molecular weight is 417 g/mol. The Bertz CT molecular complexity index is 1250. The van der Waals surface area contributed by atoms with Crippen molar-refractivity contribution in [3.8, 4) is 0 Å². The number of hydrogen-bond acceptors (Lipinski definition) is 3. The number of hydrogen-bond donors (Lipinski definition) is 3. The summed E-state index contributed by atoms with van der Waals surface area (Å²) in [5, 5.41) is 8.18. The van der Waals surface area contributed by atoms with Crippen LogP contribution >= 0.6 is 11.6 Å². The Kier molecular flexibility index (Phi) is 5.59. The lowest BCUT2D eigenvalue weighted by Gasteiger charge is -2.07. The summed E-state index contributed by atoms with van der Waals surface area (Å²) in [7, 11) is 0. The maximum Gasteiger partial charge on any atom is 0.271 e. The topological polar surface area (TPSA) is 86.3 Å². The molecule has 4 aromatic rings. The fourth-order valence-corrected chi connectivity index (χ4v) is 3.20. The summed E-state index contributed by atoms with van der Waals surface area (Å²) >= 11 is 6.04. The van der Waals surface area contributed by atoms with E-state index in [0.29, 0.717) is 21.8 Å². The molecule has 7 heteroatoms. The minimum absolute atomic E-state index is 0.318. The molecule has 148 valence electrons. The zero-order chi connectivity index (χ0) is 20.9. The van der Waals surface area contributed by atoms with Gasteiger partial charge in [0, 0.05) is 33.9 Å². The summed E-state index contributed by atoms with van der Waals surface area (Å²) in [6.07, 6.45) is 3.42. The van der Waals surface area contributed by atoms with Crippen molar-refractivity contribution >= 4 is 46.2 Å².